The number of hydrogen-bond acceptors (Lipinski definition) is 4. The Morgan fingerprint density at radius 1 is 0.750 bits per heavy atom. The predicted octanol–water partition coefficient (Wildman–Crippen LogP) is 6.01. The van der Waals surface area contributed by atoms with Crippen molar-refractivity contribution in [2.75, 3.05) is 18.0 Å². The summed E-state index contributed by atoms with van der Waals surface area (Å²) in [6.07, 6.45) is 4.17. The van der Waals surface area contributed by atoms with Gasteiger partial charge < -0.3 is 15.1 Å². The van der Waals surface area contributed by atoms with E-state index in [-0.39, 0.29) is 5.78 Å². The van der Waals surface area contributed by atoms with Crippen LogP contribution in [0.3, 0.4) is 0 Å². The highest BCUT2D eigenvalue weighted by molar-refractivity contribution is 6.33. The number of carboxylic acids is 2. The van der Waals surface area contributed by atoms with Crippen LogP contribution in [0.1, 0.15) is 52.7 Å². The lowest BCUT2D eigenvalue weighted by Crippen LogP contribution is -2.19. The van der Waals surface area contributed by atoms with Gasteiger partial charge in [0.15, 0.2) is 5.78 Å². The SMILES string of the molecule is CC(C(=O)O)c1ccc(N2CC=CC2)c(Cl)c1.CC(C(=O)O)c1cccc(C(=O)c2ccccc2)c1. The minimum atomic E-state index is -0.899. The molecular formula is C29H28ClNO5. The maximum atomic E-state index is 12.2. The molecule has 186 valence electrons. The number of ketones is 1. The van der Waals surface area contributed by atoms with E-state index in [2.05, 4.69) is 17.1 Å². The number of carbonyl (C=O) groups is 3. The molecule has 2 unspecified atom stereocenters. The topological polar surface area (TPSA) is 94.9 Å². The highest BCUT2D eigenvalue weighted by Crippen LogP contribution is 2.30. The molecule has 7 heteroatoms. The van der Waals surface area contributed by atoms with Crippen LogP contribution in [0.2, 0.25) is 5.02 Å². The van der Waals surface area contributed by atoms with Crippen LogP contribution in [0.25, 0.3) is 0 Å². The highest BCUT2D eigenvalue weighted by atomic mass is 35.5. The van der Waals surface area contributed by atoms with Crippen LogP contribution in [0.5, 0.6) is 0 Å². The van der Waals surface area contributed by atoms with Crippen LogP contribution in [0.4, 0.5) is 5.69 Å². The Labute approximate surface area is 215 Å². The van der Waals surface area contributed by atoms with Crippen LogP contribution >= 0.6 is 11.6 Å². The first kappa shape index (κ1) is 26.7. The maximum absolute atomic E-state index is 12.2. The molecule has 0 spiro atoms. The Morgan fingerprint density at radius 2 is 1.31 bits per heavy atom. The molecule has 0 amide bonds. The lowest BCUT2D eigenvalue weighted by Gasteiger charge is -2.20. The van der Waals surface area contributed by atoms with Gasteiger partial charge in [0.05, 0.1) is 22.5 Å². The van der Waals surface area contributed by atoms with Gasteiger partial charge in [0.2, 0.25) is 0 Å². The van der Waals surface area contributed by atoms with E-state index >= 15 is 0 Å². The van der Waals surface area contributed by atoms with E-state index in [0.29, 0.717) is 21.7 Å². The summed E-state index contributed by atoms with van der Waals surface area (Å²) in [4.78, 5) is 36.2. The summed E-state index contributed by atoms with van der Waals surface area (Å²) >= 11 is 6.20. The molecule has 0 aromatic heterocycles. The average molecular weight is 506 g/mol. The largest absolute Gasteiger partial charge is 0.481 e. The van der Waals surface area contributed by atoms with Crippen molar-refractivity contribution >= 4 is 35.0 Å². The van der Waals surface area contributed by atoms with Crippen LogP contribution < -0.4 is 4.90 Å². The minimum absolute atomic E-state index is 0.0972. The van der Waals surface area contributed by atoms with Crippen molar-refractivity contribution in [3.05, 3.63) is 112 Å². The van der Waals surface area contributed by atoms with Crippen molar-refractivity contribution in [2.24, 2.45) is 0 Å². The third kappa shape index (κ3) is 6.61. The Hall–Kier alpha value is -3.90. The minimum Gasteiger partial charge on any atom is -0.481 e. The number of benzene rings is 3. The maximum Gasteiger partial charge on any atom is 0.310 e. The van der Waals surface area contributed by atoms with Crippen LogP contribution in [0.15, 0.2) is 84.9 Å². The van der Waals surface area contributed by atoms with Crippen molar-refractivity contribution in [3.8, 4) is 0 Å². The number of halogens is 1. The standard InChI is InChI=1S/C16H14O3.C13H14ClNO2/c1-11(16(18)19)13-8-5-9-14(10-13)15(17)12-6-3-2-4-7-12;1-9(13(16)17)10-4-5-12(11(14)8-10)15-6-2-3-7-15/h2-11H,1H3,(H,18,19);2-5,8-9H,6-7H2,1H3,(H,16,17). The Kier molecular flexibility index (Phi) is 9.03. The van der Waals surface area contributed by atoms with Gasteiger partial charge in [-0.2, -0.15) is 0 Å². The fraction of sp³-hybridized carbons (Fsp3) is 0.207. The molecule has 0 aliphatic carbocycles. The molecule has 6 nitrogen and oxygen atoms in total. The van der Waals surface area contributed by atoms with Crippen molar-refractivity contribution in [1.29, 1.82) is 0 Å². The number of carboxylic acid groups (broad SMARTS) is 2. The quantitative estimate of drug-likeness (QED) is 0.301. The van der Waals surface area contributed by atoms with E-state index in [9.17, 15) is 14.4 Å². The fourth-order valence-electron chi connectivity index (χ4n) is 3.71. The normalized spacial score (nSPS) is 13.9. The molecule has 2 atom stereocenters. The van der Waals surface area contributed by atoms with Gasteiger partial charge in [-0.25, -0.2) is 0 Å². The number of anilines is 1. The lowest BCUT2D eigenvalue weighted by molar-refractivity contribution is -0.139. The molecule has 2 N–H and O–H groups in total. The zero-order valence-electron chi connectivity index (χ0n) is 20.1. The van der Waals surface area contributed by atoms with E-state index in [4.69, 9.17) is 21.8 Å². The number of aliphatic carboxylic acids is 2. The fourth-order valence-corrected chi connectivity index (χ4v) is 4.02. The highest BCUT2D eigenvalue weighted by Gasteiger charge is 2.18. The van der Waals surface area contributed by atoms with Gasteiger partial charge in [0.25, 0.3) is 0 Å². The molecule has 0 bridgehead atoms. The van der Waals surface area contributed by atoms with Crippen molar-refractivity contribution < 1.29 is 24.6 Å². The van der Waals surface area contributed by atoms with Crippen LogP contribution in [-0.4, -0.2) is 41.0 Å². The molecule has 3 aromatic carbocycles. The smallest absolute Gasteiger partial charge is 0.310 e. The molecule has 0 saturated heterocycles. The average Bonchev–Trinajstić information content (AvgIpc) is 3.43. The van der Waals surface area contributed by atoms with E-state index in [0.717, 1.165) is 24.3 Å². The van der Waals surface area contributed by atoms with Gasteiger partial charge in [-0.15, -0.1) is 0 Å². The van der Waals surface area contributed by atoms with Crippen molar-refractivity contribution in [2.45, 2.75) is 25.7 Å². The first-order valence-electron chi connectivity index (χ1n) is 11.5. The van der Waals surface area contributed by atoms with Crippen molar-refractivity contribution in [1.82, 2.24) is 0 Å². The summed E-state index contributed by atoms with van der Waals surface area (Å²) in [5, 5.41) is 18.6. The molecule has 4 rings (SSSR count). The van der Waals surface area contributed by atoms with E-state index < -0.39 is 23.8 Å². The molecular weight excluding hydrogens is 478 g/mol. The van der Waals surface area contributed by atoms with Gasteiger partial charge in [-0.3, -0.25) is 14.4 Å². The number of rotatable bonds is 7. The number of nitrogens with zero attached hydrogens (tertiary/aromatic N) is 1. The Balaban J connectivity index is 0.000000202. The number of hydrogen-bond donors (Lipinski definition) is 2. The van der Waals surface area contributed by atoms with Crippen LogP contribution in [-0.2, 0) is 9.59 Å². The second-order valence-corrected chi connectivity index (χ2v) is 8.93. The zero-order valence-corrected chi connectivity index (χ0v) is 20.9. The van der Waals surface area contributed by atoms with Gasteiger partial charge in [-0.1, -0.05) is 78.4 Å². The first-order chi connectivity index (χ1) is 17.2. The third-order valence-electron chi connectivity index (χ3n) is 6.06. The van der Waals surface area contributed by atoms with Gasteiger partial charge in [0, 0.05) is 24.2 Å². The molecule has 0 fully saturated rings. The van der Waals surface area contributed by atoms with E-state index in [1.807, 2.05) is 18.2 Å². The summed E-state index contributed by atoms with van der Waals surface area (Å²) in [6.45, 7) is 4.97. The third-order valence-corrected chi connectivity index (χ3v) is 6.36. The zero-order chi connectivity index (χ0) is 26.2. The number of carbonyl (C=O) groups excluding carboxylic acids is 1. The summed E-state index contributed by atoms with van der Waals surface area (Å²) in [5.74, 6) is -2.98. The molecule has 0 radical (unpaired) electrons. The second kappa shape index (κ2) is 12.2. The summed E-state index contributed by atoms with van der Waals surface area (Å²) in [5.41, 5.74) is 3.44. The molecule has 36 heavy (non-hydrogen) atoms. The van der Waals surface area contributed by atoms with Crippen LogP contribution in [0, 0.1) is 0 Å². The summed E-state index contributed by atoms with van der Waals surface area (Å²) in [7, 11) is 0. The van der Waals surface area contributed by atoms with Crippen molar-refractivity contribution in [3.63, 3.8) is 0 Å². The first-order valence-corrected chi connectivity index (χ1v) is 11.9. The van der Waals surface area contributed by atoms with E-state index in [1.165, 1.54) is 0 Å². The molecule has 1 aliphatic rings. The predicted molar refractivity (Wildman–Crippen MR) is 141 cm³/mol. The van der Waals surface area contributed by atoms with E-state index in [1.54, 1.807) is 68.4 Å². The second-order valence-electron chi connectivity index (χ2n) is 8.53. The monoisotopic (exact) mass is 505 g/mol. The lowest BCUT2D eigenvalue weighted by atomic mass is 9.96. The Morgan fingerprint density at radius 3 is 1.86 bits per heavy atom. The molecule has 3 aromatic rings. The van der Waals surface area contributed by atoms with Gasteiger partial charge in [0.1, 0.15) is 0 Å². The molecule has 0 saturated carbocycles. The molecule has 1 heterocycles. The summed E-state index contributed by atoms with van der Waals surface area (Å²) < 4.78 is 0. The summed E-state index contributed by atoms with van der Waals surface area (Å²) in [6, 6.07) is 21.2. The van der Waals surface area contributed by atoms with Gasteiger partial charge >= 0.3 is 11.9 Å². The van der Waals surface area contributed by atoms with Gasteiger partial charge in [-0.05, 0) is 43.2 Å². The Bertz CT molecular complexity index is 1260. The molecule has 1 aliphatic heterocycles.